The highest BCUT2D eigenvalue weighted by Crippen LogP contribution is 2.32. The van der Waals surface area contributed by atoms with Gasteiger partial charge in [0.1, 0.15) is 0 Å². The summed E-state index contributed by atoms with van der Waals surface area (Å²) in [5.41, 5.74) is 4.36. The lowest BCUT2D eigenvalue weighted by Crippen LogP contribution is -1.89. The van der Waals surface area contributed by atoms with E-state index >= 15 is 0 Å². The second kappa shape index (κ2) is 8.22. The molecule has 3 rings (SSSR count). The second-order valence-corrected chi connectivity index (χ2v) is 6.61. The fourth-order valence-corrected chi connectivity index (χ4v) is 3.37. The Balaban J connectivity index is 0.000000173. The number of allylic oxidation sites excluding steroid dienone is 4. The van der Waals surface area contributed by atoms with E-state index in [2.05, 4.69) is 63.3 Å². The summed E-state index contributed by atoms with van der Waals surface area (Å²) in [7, 11) is 0. The molecule has 0 heteroatoms. The molecule has 0 amide bonds. The van der Waals surface area contributed by atoms with Crippen LogP contribution in [0.15, 0.2) is 48.1 Å². The monoisotopic (exact) mass is 282 g/mol. The Morgan fingerprint density at radius 2 is 1.76 bits per heavy atom. The number of benzene rings is 1. The maximum atomic E-state index is 2.37. The van der Waals surface area contributed by atoms with Gasteiger partial charge in [-0.2, -0.15) is 0 Å². The first-order valence-electron chi connectivity index (χ1n) is 8.66. The third-order valence-corrected chi connectivity index (χ3v) is 4.92. The van der Waals surface area contributed by atoms with Crippen LogP contribution in [0, 0.1) is 11.8 Å². The van der Waals surface area contributed by atoms with E-state index in [1.54, 1.807) is 5.57 Å². The molecule has 1 aromatic rings. The molecule has 2 unspecified atom stereocenters. The zero-order valence-electron chi connectivity index (χ0n) is 13.9. The smallest absolute Gasteiger partial charge is 0.00582 e. The molecule has 0 aliphatic heterocycles. The van der Waals surface area contributed by atoms with Crippen molar-refractivity contribution in [1.29, 1.82) is 0 Å². The Kier molecular flexibility index (Phi) is 6.29. The Morgan fingerprint density at radius 1 is 1.00 bits per heavy atom. The van der Waals surface area contributed by atoms with Gasteiger partial charge in [0.05, 0.1) is 0 Å². The zero-order valence-corrected chi connectivity index (χ0v) is 13.9. The van der Waals surface area contributed by atoms with E-state index in [0.717, 1.165) is 18.3 Å². The molecule has 2 atom stereocenters. The number of hydrogen-bond acceptors (Lipinski definition) is 0. The summed E-state index contributed by atoms with van der Waals surface area (Å²) in [6.45, 7) is 6.89. The summed E-state index contributed by atoms with van der Waals surface area (Å²) in [6, 6.07) is 10.6. The van der Waals surface area contributed by atoms with Crippen molar-refractivity contribution in [2.24, 2.45) is 11.8 Å². The average Bonchev–Trinajstić information content (AvgIpc) is 3.17. The molecular weight excluding hydrogens is 252 g/mol. The molecule has 0 radical (unpaired) electrons. The van der Waals surface area contributed by atoms with E-state index in [1.165, 1.54) is 43.2 Å². The molecule has 0 saturated heterocycles. The summed E-state index contributed by atoms with van der Waals surface area (Å²) in [6.07, 6.45) is 12.7. The molecule has 0 heterocycles. The van der Waals surface area contributed by atoms with Crippen LogP contribution in [0.4, 0.5) is 0 Å². The Morgan fingerprint density at radius 3 is 2.24 bits per heavy atom. The Bertz CT molecular complexity index is 478. The lowest BCUT2D eigenvalue weighted by molar-refractivity contribution is 0.501. The molecule has 1 saturated carbocycles. The predicted molar refractivity (Wildman–Crippen MR) is 94.2 cm³/mol. The van der Waals surface area contributed by atoms with Crippen molar-refractivity contribution in [1.82, 2.24) is 0 Å². The molecule has 1 aromatic carbocycles. The van der Waals surface area contributed by atoms with Gasteiger partial charge in [-0.15, -0.1) is 0 Å². The van der Waals surface area contributed by atoms with Gasteiger partial charge in [0.25, 0.3) is 0 Å². The van der Waals surface area contributed by atoms with Gasteiger partial charge in [-0.3, -0.25) is 0 Å². The van der Waals surface area contributed by atoms with E-state index in [-0.39, 0.29) is 0 Å². The number of rotatable bonds is 3. The van der Waals surface area contributed by atoms with Gasteiger partial charge >= 0.3 is 0 Å². The molecule has 0 nitrogen and oxygen atoms in total. The first-order chi connectivity index (χ1) is 10.2. The second-order valence-electron chi connectivity index (χ2n) is 6.61. The highest BCUT2D eigenvalue weighted by atomic mass is 14.2. The molecule has 0 spiro atoms. The van der Waals surface area contributed by atoms with E-state index < -0.39 is 0 Å². The minimum Gasteiger partial charge on any atom is -0.0661 e. The normalized spacial score (nSPS) is 24.1. The minimum absolute atomic E-state index is 1.03. The first-order valence-corrected chi connectivity index (χ1v) is 8.66. The third-order valence-electron chi connectivity index (χ3n) is 4.92. The van der Waals surface area contributed by atoms with Gasteiger partial charge in [-0.1, -0.05) is 88.1 Å². The standard InChI is InChI=1S/C13H14.C8H16/c1-2-11-8-9-13(10-11)12-6-4-3-5-7-12;1-3-8-5-4-7(2)6-8/h3-9H,2,10H2,1H3;7-8H,3-6H2,1-2H3. The van der Waals surface area contributed by atoms with Crippen LogP contribution < -0.4 is 0 Å². The van der Waals surface area contributed by atoms with Gasteiger partial charge < -0.3 is 0 Å². The fraction of sp³-hybridized carbons (Fsp3) is 0.524. The summed E-state index contributed by atoms with van der Waals surface area (Å²) in [5.74, 6) is 2.10. The van der Waals surface area contributed by atoms with E-state index in [4.69, 9.17) is 0 Å². The SMILES string of the molecule is CCC1=CC=C(c2ccccc2)C1.CCC1CCC(C)C1. The van der Waals surface area contributed by atoms with Crippen LogP contribution >= 0.6 is 0 Å². The van der Waals surface area contributed by atoms with Crippen LogP contribution in [0.2, 0.25) is 0 Å². The third kappa shape index (κ3) is 4.88. The van der Waals surface area contributed by atoms with Gasteiger partial charge in [-0.05, 0) is 42.2 Å². The maximum Gasteiger partial charge on any atom is -0.00582 e. The molecular formula is C21H30. The average molecular weight is 282 g/mol. The van der Waals surface area contributed by atoms with E-state index in [0.29, 0.717) is 0 Å². The van der Waals surface area contributed by atoms with Gasteiger partial charge in [0, 0.05) is 0 Å². The van der Waals surface area contributed by atoms with Gasteiger partial charge in [0.2, 0.25) is 0 Å². The van der Waals surface area contributed by atoms with Crippen molar-refractivity contribution in [2.45, 2.75) is 59.3 Å². The first kappa shape index (κ1) is 16.1. The molecule has 114 valence electrons. The quantitative estimate of drug-likeness (QED) is 0.582. The summed E-state index contributed by atoms with van der Waals surface area (Å²) in [4.78, 5) is 0. The lowest BCUT2D eigenvalue weighted by atomic mass is 10.0. The van der Waals surface area contributed by atoms with Crippen molar-refractivity contribution in [3.63, 3.8) is 0 Å². The largest absolute Gasteiger partial charge is 0.0661 e. The number of hydrogen-bond donors (Lipinski definition) is 0. The maximum absolute atomic E-state index is 2.37. The van der Waals surface area contributed by atoms with Crippen molar-refractivity contribution in [3.05, 3.63) is 53.6 Å². The summed E-state index contributed by atoms with van der Waals surface area (Å²) in [5, 5.41) is 0. The highest BCUT2D eigenvalue weighted by molar-refractivity contribution is 5.72. The fourth-order valence-electron chi connectivity index (χ4n) is 3.37. The molecule has 2 aliphatic carbocycles. The van der Waals surface area contributed by atoms with Crippen molar-refractivity contribution in [2.75, 3.05) is 0 Å². The van der Waals surface area contributed by atoms with Gasteiger partial charge in [-0.25, -0.2) is 0 Å². The summed E-state index contributed by atoms with van der Waals surface area (Å²) < 4.78 is 0. The van der Waals surface area contributed by atoms with Crippen LogP contribution in [0.25, 0.3) is 5.57 Å². The topological polar surface area (TPSA) is 0 Å². The summed E-state index contributed by atoms with van der Waals surface area (Å²) >= 11 is 0. The van der Waals surface area contributed by atoms with Crippen LogP contribution in [0.5, 0.6) is 0 Å². The van der Waals surface area contributed by atoms with Crippen molar-refractivity contribution < 1.29 is 0 Å². The molecule has 0 aromatic heterocycles. The predicted octanol–water partition coefficient (Wildman–Crippen LogP) is 6.64. The highest BCUT2D eigenvalue weighted by Gasteiger charge is 2.18. The van der Waals surface area contributed by atoms with E-state index in [1.807, 2.05) is 0 Å². The van der Waals surface area contributed by atoms with Crippen LogP contribution in [-0.4, -0.2) is 0 Å². The molecule has 1 fully saturated rings. The van der Waals surface area contributed by atoms with Crippen molar-refractivity contribution in [3.8, 4) is 0 Å². The van der Waals surface area contributed by atoms with Crippen molar-refractivity contribution >= 4 is 5.57 Å². The van der Waals surface area contributed by atoms with Gasteiger partial charge in [0.15, 0.2) is 0 Å². The Hall–Kier alpha value is -1.30. The van der Waals surface area contributed by atoms with Crippen LogP contribution in [-0.2, 0) is 0 Å². The molecule has 0 bridgehead atoms. The van der Waals surface area contributed by atoms with Crippen LogP contribution in [0.3, 0.4) is 0 Å². The van der Waals surface area contributed by atoms with Crippen LogP contribution in [0.1, 0.15) is 64.9 Å². The Labute approximate surface area is 131 Å². The minimum atomic E-state index is 1.03. The molecule has 0 N–H and O–H groups in total. The lowest BCUT2D eigenvalue weighted by Gasteiger charge is -2.02. The molecule has 2 aliphatic rings. The molecule has 21 heavy (non-hydrogen) atoms. The van der Waals surface area contributed by atoms with E-state index in [9.17, 15) is 0 Å². The zero-order chi connectivity index (χ0) is 15.1.